The lowest BCUT2D eigenvalue weighted by Crippen LogP contribution is -2.47. The zero-order chi connectivity index (χ0) is 19.3. The first-order valence-electron chi connectivity index (χ1n) is 7.90. The average Bonchev–Trinajstić information content (AvgIpc) is 2.59. The minimum absolute atomic E-state index is 0.0531. The first-order chi connectivity index (χ1) is 12.3. The summed E-state index contributed by atoms with van der Waals surface area (Å²) in [5.41, 5.74) is 0.468. The number of carbonyl (C=O) groups is 2. The highest BCUT2D eigenvalue weighted by Gasteiger charge is 2.26. The Kier molecular flexibility index (Phi) is 6.30. The fourth-order valence-corrected chi connectivity index (χ4v) is 2.56. The van der Waals surface area contributed by atoms with Crippen LogP contribution in [-0.2, 0) is 4.79 Å². The van der Waals surface area contributed by atoms with Gasteiger partial charge >= 0.3 is 0 Å². The summed E-state index contributed by atoms with van der Waals surface area (Å²) in [5.74, 6) is -1.12. The van der Waals surface area contributed by atoms with Gasteiger partial charge in [0.2, 0.25) is 5.91 Å². The number of para-hydroxylation sites is 1. The number of carbonyl (C=O) groups excluding carboxylic acids is 2. The molecule has 0 bridgehead atoms. The first kappa shape index (κ1) is 19.4. The number of nitro benzene ring substituents is 1. The van der Waals surface area contributed by atoms with E-state index in [-0.39, 0.29) is 28.1 Å². The molecule has 2 aromatic carbocycles. The Hall–Kier alpha value is -2.93. The van der Waals surface area contributed by atoms with Crippen molar-refractivity contribution in [2.24, 2.45) is 5.92 Å². The van der Waals surface area contributed by atoms with Crippen molar-refractivity contribution in [2.75, 3.05) is 5.32 Å². The fraction of sp³-hybridized carbons (Fsp3) is 0.222. The number of nitrogens with one attached hydrogen (secondary N) is 2. The molecule has 0 heterocycles. The molecule has 0 aliphatic heterocycles. The van der Waals surface area contributed by atoms with Gasteiger partial charge in [-0.15, -0.1) is 0 Å². The summed E-state index contributed by atoms with van der Waals surface area (Å²) in [6.45, 7) is 3.60. The molecular formula is C18H18ClN3O4. The number of halogens is 1. The largest absolute Gasteiger partial charge is 0.340 e. The van der Waals surface area contributed by atoms with Crippen LogP contribution in [0.3, 0.4) is 0 Å². The summed E-state index contributed by atoms with van der Waals surface area (Å²) in [6, 6.07) is 11.6. The van der Waals surface area contributed by atoms with Gasteiger partial charge in [0.1, 0.15) is 6.04 Å². The maximum absolute atomic E-state index is 12.5. The second kappa shape index (κ2) is 8.44. The van der Waals surface area contributed by atoms with Gasteiger partial charge in [-0.1, -0.05) is 43.6 Å². The molecule has 1 unspecified atom stereocenters. The predicted molar refractivity (Wildman–Crippen MR) is 99.3 cm³/mol. The molecule has 2 aromatic rings. The van der Waals surface area contributed by atoms with Crippen LogP contribution < -0.4 is 10.6 Å². The summed E-state index contributed by atoms with van der Waals surface area (Å²) < 4.78 is 0. The van der Waals surface area contributed by atoms with Gasteiger partial charge in [0.25, 0.3) is 11.6 Å². The normalized spacial score (nSPS) is 11.7. The molecule has 136 valence electrons. The Morgan fingerprint density at radius 1 is 1.12 bits per heavy atom. The lowest BCUT2D eigenvalue weighted by atomic mass is 10.0. The van der Waals surface area contributed by atoms with Crippen molar-refractivity contribution in [3.8, 4) is 0 Å². The third kappa shape index (κ3) is 4.80. The Bertz CT molecular complexity index is 824. The minimum Gasteiger partial charge on any atom is -0.340 e. The van der Waals surface area contributed by atoms with Crippen LogP contribution in [0.2, 0.25) is 5.02 Å². The fourth-order valence-electron chi connectivity index (χ4n) is 2.30. The molecule has 7 nitrogen and oxygen atoms in total. The van der Waals surface area contributed by atoms with Gasteiger partial charge in [0.15, 0.2) is 0 Å². The molecular weight excluding hydrogens is 358 g/mol. The molecule has 2 rings (SSSR count). The molecule has 0 aliphatic carbocycles. The predicted octanol–water partition coefficient (Wildman–Crippen LogP) is 3.64. The molecule has 0 aliphatic rings. The molecule has 0 radical (unpaired) electrons. The number of nitrogens with zero attached hydrogens (tertiary/aromatic N) is 1. The molecule has 8 heteroatoms. The minimum atomic E-state index is -0.797. The van der Waals surface area contributed by atoms with E-state index in [0.717, 1.165) is 6.07 Å². The Balaban J connectivity index is 2.15. The van der Waals surface area contributed by atoms with Crippen molar-refractivity contribution < 1.29 is 14.5 Å². The standard InChI is InChI=1S/C18H18ClN3O4/c1-11(2)16(18(24)20-12-6-4-3-5-7-12)21-17(23)14-9-8-13(22(25)26)10-15(14)19/h3-11,16H,1-2H3,(H,20,24)(H,21,23). The highest BCUT2D eigenvalue weighted by atomic mass is 35.5. The van der Waals surface area contributed by atoms with Crippen LogP contribution in [0.1, 0.15) is 24.2 Å². The van der Waals surface area contributed by atoms with Crippen LogP contribution >= 0.6 is 11.6 Å². The molecule has 0 fully saturated rings. The molecule has 0 aromatic heterocycles. The van der Waals surface area contributed by atoms with Gasteiger partial charge in [-0.25, -0.2) is 0 Å². The third-order valence-corrected chi connectivity index (χ3v) is 4.00. The van der Waals surface area contributed by atoms with Crippen LogP contribution in [0.4, 0.5) is 11.4 Å². The molecule has 2 N–H and O–H groups in total. The monoisotopic (exact) mass is 375 g/mol. The number of rotatable bonds is 6. The summed E-state index contributed by atoms with van der Waals surface area (Å²) in [7, 11) is 0. The van der Waals surface area contributed by atoms with E-state index < -0.39 is 16.9 Å². The number of non-ortho nitro benzene ring substituents is 1. The second-order valence-electron chi connectivity index (χ2n) is 5.97. The highest BCUT2D eigenvalue weighted by molar-refractivity contribution is 6.34. The van der Waals surface area contributed by atoms with Crippen LogP contribution in [0.15, 0.2) is 48.5 Å². The lowest BCUT2D eigenvalue weighted by Gasteiger charge is -2.22. The Morgan fingerprint density at radius 2 is 1.77 bits per heavy atom. The Morgan fingerprint density at radius 3 is 2.31 bits per heavy atom. The van der Waals surface area contributed by atoms with Gasteiger partial charge < -0.3 is 10.6 Å². The van der Waals surface area contributed by atoms with Gasteiger partial charge in [-0.3, -0.25) is 19.7 Å². The van der Waals surface area contributed by atoms with E-state index in [1.165, 1.54) is 12.1 Å². The van der Waals surface area contributed by atoms with Crippen LogP contribution in [0.25, 0.3) is 0 Å². The summed E-state index contributed by atoms with van der Waals surface area (Å²) >= 11 is 5.97. The van der Waals surface area contributed by atoms with Crippen LogP contribution in [0.5, 0.6) is 0 Å². The van der Waals surface area contributed by atoms with E-state index in [2.05, 4.69) is 10.6 Å². The Labute approximate surface area is 155 Å². The molecule has 0 spiro atoms. The topological polar surface area (TPSA) is 101 Å². The van der Waals surface area contributed by atoms with Gasteiger partial charge in [-0.2, -0.15) is 0 Å². The van der Waals surface area contributed by atoms with Gasteiger partial charge in [0.05, 0.1) is 15.5 Å². The number of amides is 2. The van der Waals surface area contributed by atoms with Crippen LogP contribution in [0, 0.1) is 16.0 Å². The molecule has 0 saturated carbocycles. The van der Waals surface area contributed by atoms with Gasteiger partial charge in [0, 0.05) is 17.8 Å². The summed E-state index contributed by atoms with van der Waals surface area (Å²) in [4.78, 5) is 35.1. The van der Waals surface area contributed by atoms with Crippen LogP contribution in [-0.4, -0.2) is 22.8 Å². The van der Waals surface area contributed by atoms with E-state index in [1.54, 1.807) is 38.1 Å². The molecule has 26 heavy (non-hydrogen) atoms. The number of hydrogen-bond donors (Lipinski definition) is 2. The van der Waals surface area contributed by atoms with E-state index in [1.807, 2.05) is 6.07 Å². The number of nitro groups is 1. The van der Waals surface area contributed by atoms with E-state index in [9.17, 15) is 19.7 Å². The van der Waals surface area contributed by atoms with Gasteiger partial charge in [-0.05, 0) is 24.1 Å². The SMILES string of the molecule is CC(C)C(NC(=O)c1ccc([N+](=O)[O-])cc1Cl)C(=O)Nc1ccccc1. The van der Waals surface area contributed by atoms with E-state index >= 15 is 0 Å². The number of benzene rings is 2. The van der Waals surface area contributed by atoms with Crippen molar-refractivity contribution in [1.29, 1.82) is 0 Å². The lowest BCUT2D eigenvalue weighted by molar-refractivity contribution is -0.384. The maximum Gasteiger partial charge on any atom is 0.270 e. The molecule has 0 saturated heterocycles. The summed E-state index contributed by atoms with van der Waals surface area (Å²) in [6.07, 6.45) is 0. The molecule has 2 amide bonds. The third-order valence-electron chi connectivity index (χ3n) is 3.69. The maximum atomic E-state index is 12.5. The van der Waals surface area contributed by atoms with E-state index in [4.69, 9.17) is 11.6 Å². The quantitative estimate of drug-likeness (QED) is 0.594. The zero-order valence-corrected chi connectivity index (χ0v) is 15.0. The van der Waals surface area contributed by atoms with Crippen molar-refractivity contribution in [3.05, 3.63) is 69.2 Å². The van der Waals surface area contributed by atoms with Crippen molar-refractivity contribution in [1.82, 2.24) is 5.32 Å². The zero-order valence-electron chi connectivity index (χ0n) is 14.2. The number of hydrogen-bond acceptors (Lipinski definition) is 4. The van der Waals surface area contributed by atoms with E-state index in [0.29, 0.717) is 5.69 Å². The first-order valence-corrected chi connectivity index (χ1v) is 8.28. The smallest absolute Gasteiger partial charge is 0.270 e. The van der Waals surface area contributed by atoms with Crippen molar-refractivity contribution >= 4 is 34.8 Å². The molecule has 1 atom stereocenters. The van der Waals surface area contributed by atoms with Crippen molar-refractivity contribution in [2.45, 2.75) is 19.9 Å². The second-order valence-corrected chi connectivity index (χ2v) is 6.38. The van der Waals surface area contributed by atoms with Crippen molar-refractivity contribution in [3.63, 3.8) is 0 Å². The average molecular weight is 376 g/mol. The summed E-state index contributed by atoms with van der Waals surface area (Å²) in [5, 5.41) is 16.1. The highest BCUT2D eigenvalue weighted by Crippen LogP contribution is 2.22. The number of anilines is 1.